The zero-order valence-electron chi connectivity index (χ0n) is 12.8. The van der Waals surface area contributed by atoms with Crippen molar-refractivity contribution < 1.29 is 9.47 Å². The van der Waals surface area contributed by atoms with Crippen molar-refractivity contribution in [3.8, 4) is 11.5 Å². The standard InChI is InChI=1S/C12H17B2NO2.C2H6/c1-7-5-11(17-4)9(6-10(7)16-3)12(13,14)8(2)15;1-2/h5-6,8H,15H2,1-4H3;1-2H3. The van der Waals surface area contributed by atoms with Gasteiger partial charge in [-0.05, 0) is 36.2 Å². The monoisotopic (exact) mass is 259 g/mol. The first-order chi connectivity index (χ1) is 8.84. The second-order valence-corrected chi connectivity index (χ2v) is 4.24. The maximum atomic E-state index is 6.05. The number of aryl methyl sites for hydroxylation is 1. The maximum Gasteiger partial charge on any atom is 0.122 e. The predicted molar refractivity (Wildman–Crippen MR) is 82.5 cm³/mol. The second kappa shape index (κ2) is 7.49. The van der Waals surface area contributed by atoms with E-state index in [1.807, 2.05) is 26.8 Å². The summed E-state index contributed by atoms with van der Waals surface area (Å²) in [6.45, 7) is 7.68. The van der Waals surface area contributed by atoms with Gasteiger partial charge in [0.15, 0.2) is 0 Å². The van der Waals surface area contributed by atoms with Crippen LogP contribution in [0.5, 0.6) is 11.5 Å². The third-order valence-corrected chi connectivity index (χ3v) is 2.94. The van der Waals surface area contributed by atoms with Crippen molar-refractivity contribution in [1.82, 2.24) is 0 Å². The first-order valence-electron chi connectivity index (χ1n) is 6.41. The van der Waals surface area contributed by atoms with E-state index in [9.17, 15) is 0 Å². The van der Waals surface area contributed by atoms with Gasteiger partial charge < -0.3 is 15.2 Å². The van der Waals surface area contributed by atoms with Gasteiger partial charge in [0.25, 0.3) is 0 Å². The van der Waals surface area contributed by atoms with Gasteiger partial charge in [-0.15, -0.1) is 0 Å². The number of methoxy groups -OCH3 is 2. The van der Waals surface area contributed by atoms with Crippen LogP contribution in [0.25, 0.3) is 0 Å². The molecule has 0 saturated heterocycles. The molecule has 0 aliphatic carbocycles. The molecule has 1 aromatic rings. The summed E-state index contributed by atoms with van der Waals surface area (Å²) in [5.74, 6) is 1.33. The molecule has 1 atom stereocenters. The molecule has 1 rings (SSSR count). The van der Waals surface area contributed by atoms with Crippen LogP contribution in [0.2, 0.25) is 0 Å². The van der Waals surface area contributed by atoms with E-state index in [1.165, 1.54) is 0 Å². The third kappa shape index (κ3) is 3.93. The second-order valence-electron chi connectivity index (χ2n) is 4.24. The average molecular weight is 259 g/mol. The molecule has 0 heterocycles. The summed E-state index contributed by atoms with van der Waals surface area (Å²) >= 11 is 0. The number of benzene rings is 1. The molecule has 3 nitrogen and oxygen atoms in total. The fourth-order valence-electron chi connectivity index (χ4n) is 1.63. The highest BCUT2D eigenvalue weighted by Gasteiger charge is 2.28. The van der Waals surface area contributed by atoms with Crippen molar-refractivity contribution in [2.75, 3.05) is 14.2 Å². The first kappa shape index (κ1) is 17.9. The van der Waals surface area contributed by atoms with Crippen molar-refractivity contribution in [3.05, 3.63) is 23.3 Å². The number of ether oxygens (including phenoxy) is 2. The Morgan fingerprint density at radius 3 is 1.95 bits per heavy atom. The molecular formula is C14H23B2NO2. The van der Waals surface area contributed by atoms with Gasteiger partial charge in [-0.25, -0.2) is 0 Å². The number of nitrogens with two attached hydrogens (primary N) is 1. The molecule has 0 aliphatic heterocycles. The number of rotatable bonds is 4. The maximum absolute atomic E-state index is 6.05. The molecule has 102 valence electrons. The van der Waals surface area contributed by atoms with Crippen LogP contribution in [-0.2, 0) is 5.21 Å². The Balaban J connectivity index is 0.00000154. The fraction of sp³-hybridized carbons (Fsp3) is 0.571. The van der Waals surface area contributed by atoms with Crippen LogP contribution >= 0.6 is 0 Å². The van der Waals surface area contributed by atoms with Gasteiger partial charge in [0, 0.05) is 0 Å². The van der Waals surface area contributed by atoms with Crippen molar-refractivity contribution >= 4 is 15.7 Å². The van der Waals surface area contributed by atoms with Crippen molar-refractivity contribution in [2.45, 2.75) is 39.0 Å². The molecule has 0 aromatic heterocycles. The average Bonchev–Trinajstić information content (AvgIpc) is 2.40. The Kier molecular flexibility index (Phi) is 7.06. The number of hydrogen-bond donors (Lipinski definition) is 1. The van der Waals surface area contributed by atoms with Gasteiger partial charge in [-0.2, -0.15) is 0 Å². The molecule has 0 fully saturated rings. The van der Waals surface area contributed by atoms with E-state index in [4.69, 9.17) is 30.9 Å². The lowest BCUT2D eigenvalue weighted by atomic mass is 9.47. The molecule has 0 aliphatic rings. The molecule has 0 saturated carbocycles. The normalized spacial score (nSPS) is 12.2. The molecule has 1 unspecified atom stereocenters. The molecule has 2 N–H and O–H groups in total. The summed E-state index contributed by atoms with van der Waals surface area (Å²) in [7, 11) is 15.3. The van der Waals surface area contributed by atoms with Crippen LogP contribution in [-0.4, -0.2) is 36.0 Å². The Bertz CT molecular complexity index is 407. The van der Waals surface area contributed by atoms with E-state index in [0.29, 0.717) is 17.1 Å². The SMILES string of the molecule is CC.[B]C([B])(c1cc(OC)c(C)cc1OC)C(C)N. The highest BCUT2D eigenvalue weighted by Crippen LogP contribution is 2.35. The minimum absolute atomic E-state index is 0.413. The van der Waals surface area contributed by atoms with Crippen molar-refractivity contribution in [1.29, 1.82) is 0 Å². The van der Waals surface area contributed by atoms with Gasteiger partial charge in [0.05, 0.1) is 29.9 Å². The van der Waals surface area contributed by atoms with Crippen LogP contribution in [0.4, 0.5) is 0 Å². The highest BCUT2D eigenvalue weighted by molar-refractivity contribution is 6.41. The van der Waals surface area contributed by atoms with Crippen LogP contribution in [0.3, 0.4) is 0 Å². The zero-order chi connectivity index (χ0) is 15.2. The lowest BCUT2D eigenvalue weighted by Crippen LogP contribution is -2.44. The van der Waals surface area contributed by atoms with Gasteiger partial charge >= 0.3 is 0 Å². The Hall–Kier alpha value is -1.09. The first-order valence-corrected chi connectivity index (χ1v) is 6.41. The van der Waals surface area contributed by atoms with Crippen LogP contribution < -0.4 is 15.2 Å². The molecule has 4 radical (unpaired) electrons. The third-order valence-electron chi connectivity index (χ3n) is 2.94. The summed E-state index contributed by atoms with van der Waals surface area (Å²) < 4.78 is 10.5. The lowest BCUT2D eigenvalue weighted by molar-refractivity contribution is 0.392. The van der Waals surface area contributed by atoms with Gasteiger partial charge in [-0.1, -0.05) is 26.0 Å². The minimum atomic E-state index is -1.16. The van der Waals surface area contributed by atoms with Crippen molar-refractivity contribution in [3.63, 3.8) is 0 Å². The molecular weight excluding hydrogens is 236 g/mol. The van der Waals surface area contributed by atoms with Crippen LogP contribution in [0.15, 0.2) is 12.1 Å². The highest BCUT2D eigenvalue weighted by atomic mass is 16.5. The summed E-state index contributed by atoms with van der Waals surface area (Å²) in [4.78, 5) is 0. The molecule has 19 heavy (non-hydrogen) atoms. The molecule has 0 bridgehead atoms. The Morgan fingerprint density at radius 2 is 1.58 bits per heavy atom. The molecule has 0 spiro atoms. The summed E-state index contributed by atoms with van der Waals surface area (Å²) in [5, 5.41) is -1.16. The van der Waals surface area contributed by atoms with E-state index in [-0.39, 0.29) is 0 Å². The van der Waals surface area contributed by atoms with E-state index >= 15 is 0 Å². The zero-order valence-corrected chi connectivity index (χ0v) is 12.8. The summed E-state index contributed by atoms with van der Waals surface area (Å²) in [5.41, 5.74) is 7.40. The van der Waals surface area contributed by atoms with Crippen LogP contribution in [0, 0.1) is 6.92 Å². The Labute approximate surface area is 119 Å². The fourth-order valence-corrected chi connectivity index (χ4v) is 1.63. The topological polar surface area (TPSA) is 44.5 Å². The summed E-state index contributed by atoms with van der Waals surface area (Å²) in [6, 6.07) is 3.20. The van der Waals surface area contributed by atoms with Gasteiger partial charge in [0.1, 0.15) is 11.5 Å². The van der Waals surface area contributed by atoms with Gasteiger partial charge in [-0.3, -0.25) is 0 Å². The van der Waals surface area contributed by atoms with E-state index < -0.39 is 11.3 Å². The molecule has 5 heteroatoms. The van der Waals surface area contributed by atoms with Crippen LogP contribution in [0.1, 0.15) is 31.9 Å². The predicted octanol–water partition coefficient (Wildman–Crippen LogP) is 1.88. The lowest BCUT2D eigenvalue weighted by Gasteiger charge is -2.32. The van der Waals surface area contributed by atoms with Crippen molar-refractivity contribution in [2.24, 2.45) is 5.73 Å². The Morgan fingerprint density at radius 1 is 1.11 bits per heavy atom. The molecule has 1 aromatic carbocycles. The smallest absolute Gasteiger partial charge is 0.122 e. The van der Waals surface area contributed by atoms with E-state index in [2.05, 4.69) is 0 Å². The largest absolute Gasteiger partial charge is 0.496 e. The van der Waals surface area contributed by atoms with Gasteiger partial charge in [0.2, 0.25) is 0 Å². The summed E-state index contributed by atoms with van der Waals surface area (Å²) in [6.07, 6.45) is 0. The van der Waals surface area contributed by atoms with E-state index in [1.54, 1.807) is 27.2 Å². The van der Waals surface area contributed by atoms with E-state index in [0.717, 1.165) is 5.56 Å². The molecule has 0 amide bonds. The number of hydrogen-bond acceptors (Lipinski definition) is 3. The quantitative estimate of drug-likeness (QED) is 0.839. The minimum Gasteiger partial charge on any atom is -0.496 e.